The normalized spacial score (nSPS) is 11.0. The second kappa shape index (κ2) is 9.06. The molecule has 10 heteroatoms. The second-order valence-corrected chi connectivity index (χ2v) is 8.08. The molecule has 0 unspecified atom stereocenters. The highest BCUT2D eigenvalue weighted by Crippen LogP contribution is 2.31. The molecule has 3 aromatic heterocycles. The van der Waals surface area contributed by atoms with Crippen LogP contribution in [0, 0.1) is 18.6 Å². The van der Waals surface area contributed by atoms with Crippen LogP contribution in [0.15, 0.2) is 77.9 Å². The number of carbonyl (C=O) groups is 1. The van der Waals surface area contributed by atoms with Gasteiger partial charge >= 0.3 is 0 Å². The van der Waals surface area contributed by atoms with Gasteiger partial charge in [0.1, 0.15) is 17.2 Å². The Morgan fingerprint density at radius 2 is 1.86 bits per heavy atom. The Hall–Kier alpha value is -4.86. The number of pyridine rings is 1. The smallest absolute Gasteiger partial charge is 0.276 e. The first kappa shape index (κ1) is 22.9. The van der Waals surface area contributed by atoms with Crippen LogP contribution >= 0.6 is 0 Å². The SMILES string of the molecule is Cc1cc(=O)n(-c2cccc(F)c2)nc1C(=O)Nc1ccc(Oc2ccnc3c2ccn3C)c(F)c1. The zero-order chi connectivity index (χ0) is 25.4. The molecule has 0 aliphatic heterocycles. The van der Waals surface area contributed by atoms with Crippen molar-refractivity contribution >= 4 is 22.6 Å². The molecule has 0 atom stereocenters. The lowest BCUT2D eigenvalue weighted by atomic mass is 10.2. The number of rotatable bonds is 5. The molecule has 0 radical (unpaired) electrons. The van der Waals surface area contributed by atoms with E-state index in [1.165, 1.54) is 36.4 Å². The van der Waals surface area contributed by atoms with Gasteiger partial charge < -0.3 is 14.6 Å². The van der Waals surface area contributed by atoms with Gasteiger partial charge in [-0.1, -0.05) is 6.07 Å². The van der Waals surface area contributed by atoms with Crippen molar-refractivity contribution in [1.29, 1.82) is 0 Å². The number of hydrogen-bond acceptors (Lipinski definition) is 5. The molecule has 1 amide bonds. The standard InChI is InChI=1S/C26H19F2N5O3/c1-15-12-23(34)33(18-5-3-4-16(27)13-18)31-24(15)26(35)30-17-6-7-22(20(28)14-17)36-21-8-10-29-25-19(21)9-11-32(25)2/h3-14H,1-2H3,(H,30,35). The zero-order valence-corrected chi connectivity index (χ0v) is 19.2. The Bertz CT molecular complexity index is 1690. The minimum absolute atomic E-state index is 0.0293. The number of nitrogens with one attached hydrogen (secondary N) is 1. The minimum Gasteiger partial charge on any atom is -0.453 e. The summed E-state index contributed by atoms with van der Waals surface area (Å²) in [6.07, 6.45) is 3.40. The first-order valence-corrected chi connectivity index (χ1v) is 10.9. The van der Waals surface area contributed by atoms with Crippen LogP contribution in [0.1, 0.15) is 16.1 Å². The van der Waals surface area contributed by atoms with Crippen LogP contribution in [0.3, 0.4) is 0 Å². The Balaban J connectivity index is 1.39. The summed E-state index contributed by atoms with van der Waals surface area (Å²) in [5.74, 6) is -1.49. The molecule has 2 aromatic carbocycles. The van der Waals surface area contributed by atoms with Gasteiger partial charge in [-0.25, -0.2) is 13.8 Å². The molecular formula is C26H19F2N5O3. The van der Waals surface area contributed by atoms with Crippen LogP contribution in [0.25, 0.3) is 16.7 Å². The maximum atomic E-state index is 14.9. The molecule has 5 rings (SSSR count). The van der Waals surface area contributed by atoms with Crippen LogP contribution in [-0.2, 0) is 7.05 Å². The fraction of sp³-hybridized carbons (Fsp3) is 0.0769. The average molecular weight is 487 g/mol. The van der Waals surface area contributed by atoms with Crippen molar-refractivity contribution in [2.45, 2.75) is 6.92 Å². The molecular weight excluding hydrogens is 468 g/mol. The van der Waals surface area contributed by atoms with Crippen LogP contribution in [0.2, 0.25) is 0 Å². The van der Waals surface area contributed by atoms with E-state index in [4.69, 9.17) is 4.74 Å². The molecule has 0 fully saturated rings. The molecule has 0 spiro atoms. The molecule has 0 saturated carbocycles. The van der Waals surface area contributed by atoms with Crippen molar-refractivity contribution in [3.63, 3.8) is 0 Å². The van der Waals surface area contributed by atoms with Gasteiger partial charge in [0, 0.05) is 37.3 Å². The number of anilines is 1. The number of amides is 1. The van der Waals surface area contributed by atoms with E-state index < -0.39 is 23.1 Å². The highest BCUT2D eigenvalue weighted by molar-refractivity contribution is 6.03. The third-order valence-electron chi connectivity index (χ3n) is 5.53. The predicted molar refractivity (Wildman–Crippen MR) is 130 cm³/mol. The summed E-state index contributed by atoms with van der Waals surface area (Å²) < 4.78 is 37.0. The molecule has 5 aromatic rings. The van der Waals surface area contributed by atoms with Crippen molar-refractivity contribution in [2.24, 2.45) is 7.05 Å². The third-order valence-corrected chi connectivity index (χ3v) is 5.53. The number of fused-ring (bicyclic) bond motifs is 1. The van der Waals surface area contributed by atoms with Gasteiger partial charge in [0.15, 0.2) is 17.3 Å². The fourth-order valence-corrected chi connectivity index (χ4v) is 3.76. The number of nitrogens with zero attached hydrogens (tertiary/aromatic N) is 4. The quantitative estimate of drug-likeness (QED) is 0.386. The van der Waals surface area contributed by atoms with Crippen molar-refractivity contribution in [3.8, 4) is 17.2 Å². The van der Waals surface area contributed by atoms with E-state index in [-0.39, 0.29) is 22.8 Å². The summed E-state index contributed by atoms with van der Waals surface area (Å²) in [5, 5.41) is 7.41. The molecule has 0 saturated heterocycles. The van der Waals surface area contributed by atoms with Gasteiger partial charge in [-0.2, -0.15) is 9.78 Å². The Labute approximate surface area is 203 Å². The van der Waals surface area contributed by atoms with Crippen LogP contribution < -0.4 is 15.6 Å². The van der Waals surface area contributed by atoms with Crippen molar-refractivity contribution < 1.29 is 18.3 Å². The molecule has 3 heterocycles. The number of aryl methyl sites for hydroxylation is 2. The van der Waals surface area contributed by atoms with Crippen molar-refractivity contribution in [3.05, 3.63) is 106 Å². The van der Waals surface area contributed by atoms with Crippen LogP contribution in [0.5, 0.6) is 11.5 Å². The summed E-state index contributed by atoms with van der Waals surface area (Å²) in [4.78, 5) is 29.6. The highest BCUT2D eigenvalue weighted by Gasteiger charge is 2.17. The molecule has 0 aliphatic carbocycles. The maximum Gasteiger partial charge on any atom is 0.276 e. The Morgan fingerprint density at radius 1 is 1.03 bits per heavy atom. The predicted octanol–water partition coefficient (Wildman–Crippen LogP) is 4.75. The van der Waals surface area contributed by atoms with E-state index in [0.29, 0.717) is 17.0 Å². The average Bonchev–Trinajstić information content (AvgIpc) is 3.22. The summed E-state index contributed by atoms with van der Waals surface area (Å²) in [6.45, 7) is 1.55. The lowest BCUT2D eigenvalue weighted by Crippen LogP contribution is -2.26. The maximum absolute atomic E-state index is 14.9. The van der Waals surface area contributed by atoms with E-state index in [1.54, 1.807) is 19.2 Å². The largest absolute Gasteiger partial charge is 0.453 e. The van der Waals surface area contributed by atoms with Crippen molar-refractivity contribution in [1.82, 2.24) is 19.3 Å². The van der Waals surface area contributed by atoms with E-state index in [2.05, 4.69) is 15.4 Å². The third kappa shape index (κ3) is 4.31. The van der Waals surface area contributed by atoms with Gasteiger partial charge in [-0.3, -0.25) is 9.59 Å². The number of carbonyl (C=O) groups excluding carboxylic acids is 1. The van der Waals surface area contributed by atoms with E-state index >= 15 is 0 Å². The van der Waals surface area contributed by atoms with Crippen molar-refractivity contribution in [2.75, 3.05) is 5.32 Å². The number of ether oxygens (including phenoxy) is 1. The number of benzene rings is 2. The fourth-order valence-electron chi connectivity index (χ4n) is 3.76. The van der Waals surface area contributed by atoms with Gasteiger partial charge in [0.05, 0.1) is 11.1 Å². The Kier molecular flexibility index (Phi) is 5.77. The van der Waals surface area contributed by atoms with E-state index in [0.717, 1.165) is 22.2 Å². The molecule has 0 bridgehead atoms. The highest BCUT2D eigenvalue weighted by atomic mass is 19.1. The number of aromatic nitrogens is 4. The molecule has 180 valence electrons. The van der Waals surface area contributed by atoms with E-state index in [9.17, 15) is 18.4 Å². The zero-order valence-electron chi connectivity index (χ0n) is 19.2. The summed E-state index contributed by atoms with van der Waals surface area (Å²) >= 11 is 0. The minimum atomic E-state index is -0.692. The van der Waals surface area contributed by atoms with Crippen LogP contribution in [0.4, 0.5) is 14.5 Å². The van der Waals surface area contributed by atoms with Gasteiger partial charge in [-0.05, 0) is 55.0 Å². The van der Waals surface area contributed by atoms with Gasteiger partial charge in [0.2, 0.25) is 0 Å². The lowest BCUT2D eigenvalue weighted by molar-refractivity contribution is 0.102. The summed E-state index contributed by atoms with van der Waals surface area (Å²) in [6, 6.07) is 14.0. The molecule has 36 heavy (non-hydrogen) atoms. The molecule has 8 nitrogen and oxygen atoms in total. The summed E-state index contributed by atoms with van der Waals surface area (Å²) in [7, 11) is 1.85. The van der Waals surface area contributed by atoms with Gasteiger partial charge in [-0.15, -0.1) is 0 Å². The molecule has 1 N–H and O–H groups in total. The monoisotopic (exact) mass is 487 g/mol. The van der Waals surface area contributed by atoms with Gasteiger partial charge in [0.25, 0.3) is 11.5 Å². The first-order chi connectivity index (χ1) is 17.3. The van der Waals surface area contributed by atoms with Crippen LogP contribution in [-0.4, -0.2) is 25.2 Å². The van der Waals surface area contributed by atoms with E-state index in [1.807, 2.05) is 23.9 Å². The number of hydrogen-bond donors (Lipinski definition) is 1. The Morgan fingerprint density at radius 3 is 2.64 bits per heavy atom. The second-order valence-electron chi connectivity index (χ2n) is 8.08. The molecule has 0 aliphatic rings. The number of halogens is 2. The topological polar surface area (TPSA) is 91.0 Å². The summed E-state index contributed by atoms with van der Waals surface area (Å²) in [5.41, 5.74) is 0.752. The lowest BCUT2D eigenvalue weighted by Gasteiger charge is -2.12. The first-order valence-electron chi connectivity index (χ1n) is 10.9.